The van der Waals surface area contributed by atoms with Gasteiger partial charge in [0.2, 0.25) is 0 Å². The molecule has 124 valence electrons. The highest BCUT2D eigenvalue weighted by atomic mass is 15.3. The first-order valence-electron chi connectivity index (χ1n) is 8.26. The number of benzene rings is 1. The Bertz CT molecular complexity index is 930. The van der Waals surface area contributed by atoms with Gasteiger partial charge in [0.25, 0.3) is 0 Å². The Morgan fingerprint density at radius 1 is 1.00 bits per heavy atom. The third kappa shape index (κ3) is 3.35. The Balaban J connectivity index is 1.60. The first-order valence-corrected chi connectivity index (χ1v) is 8.26. The van der Waals surface area contributed by atoms with E-state index in [-0.39, 0.29) is 0 Å². The maximum Gasteiger partial charge on any atom is 0.153 e. The lowest BCUT2D eigenvalue weighted by atomic mass is 10.0. The van der Waals surface area contributed by atoms with Gasteiger partial charge in [-0.2, -0.15) is 10.2 Å². The van der Waals surface area contributed by atoms with Gasteiger partial charge >= 0.3 is 0 Å². The lowest BCUT2D eigenvalue weighted by molar-refractivity contribution is 0.829. The first-order chi connectivity index (χ1) is 12.2. The smallest absolute Gasteiger partial charge is 0.153 e. The summed E-state index contributed by atoms with van der Waals surface area (Å²) < 4.78 is 1.81. The SMILES string of the molecule is Cc1ccn(-c2cc(Cc3cccc(-c4cc(C)[nH]n4)c3)ccn2)n1. The predicted molar refractivity (Wildman–Crippen MR) is 97.7 cm³/mol. The summed E-state index contributed by atoms with van der Waals surface area (Å²) in [5.74, 6) is 0.838. The molecule has 0 saturated carbocycles. The molecular weight excluding hydrogens is 310 g/mol. The number of hydrogen-bond acceptors (Lipinski definition) is 3. The highest BCUT2D eigenvalue weighted by Crippen LogP contribution is 2.21. The molecule has 5 nitrogen and oxygen atoms in total. The molecule has 0 bridgehead atoms. The van der Waals surface area contributed by atoms with Crippen molar-refractivity contribution in [2.24, 2.45) is 0 Å². The van der Waals surface area contributed by atoms with Crippen LogP contribution in [0.2, 0.25) is 0 Å². The maximum atomic E-state index is 4.43. The Labute approximate surface area is 146 Å². The molecule has 0 aliphatic heterocycles. The number of aryl methyl sites for hydroxylation is 2. The van der Waals surface area contributed by atoms with Crippen molar-refractivity contribution in [2.75, 3.05) is 0 Å². The van der Waals surface area contributed by atoms with Crippen molar-refractivity contribution >= 4 is 0 Å². The second kappa shape index (κ2) is 6.36. The molecule has 4 rings (SSSR count). The number of hydrogen-bond donors (Lipinski definition) is 1. The fourth-order valence-corrected chi connectivity index (χ4v) is 2.88. The second-order valence-electron chi connectivity index (χ2n) is 6.24. The number of H-pyrrole nitrogens is 1. The Kier molecular flexibility index (Phi) is 3.90. The van der Waals surface area contributed by atoms with Crippen LogP contribution in [-0.4, -0.2) is 25.0 Å². The number of pyridine rings is 1. The van der Waals surface area contributed by atoms with E-state index < -0.39 is 0 Å². The van der Waals surface area contributed by atoms with Crippen LogP contribution in [0.25, 0.3) is 17.1 Å². The van der Waals surface area contributed by atoms with Gasteiger partial charge in [-0.25, -0.2) is 9.67 Å². The van der Waals surface area contributed by atoms with Gasteiger partial charge < -0.3 is 0 Å². The average Bonchev–Trinajstić information content (AvgIpc) is 3.24. The molecule has 25 heavy (non-hydrogen) atoms. The van der Waals surface area contributed by atoms with Crippen LogP contribution in [0.1, 0.15) is 22.5 Å². The summed E-state index contributed by atoms with van der Waals surface area (Å²) in [6, 6.07) is 16.7. The van der Waals surface area contributed by atoms with Crippen LogP contribution in [0.4, 0.5) is 0 Å². The molecule has 0 unspecified atom stereocenters. The van der Waals surface area contributed by atoms with Crippen LogP contribution in [0.5, 0.6) is 0 Å². The highest BCUT2D eigenvalue weighted by molar-refractivity contribution is 5.60. The molecule has 0 saturated heterocycles. The van der Waals surface area contributed by atoms with Crippen molar-refractivity contribution in [3.8, 4) is 17.1 Å². The monoisotopic (exact) mass is 329 g/mol. The molecule has 0 amide bonds. The predicted octanol–water partition coefficient (Wildman–Crippen LogP) is 3.87. The van der Waals surface area contributed by atoms with Crippen molar-refractivity contribution in [2.45, 2.75) is 20.3 Å². The first kappa shape index (κ1) is 15.3. The molecule has 3 heterocycles. The molecule has 1 N–H and O–H groups in total. The second-order valence-corrected chi connectivity index (χ2v) is 6.24. The van der Waals surface area contributed by atoms with E-state index >= 15 is 0 Å². The van der Waals surface area contributed by atoms with E-state index in [1.165, 1.54) is 11.1 Å². The fourth-order valence-electron chi connectivity index (χ4n) is 2.88. The van der Waals surface area contributed by atoms with Gasteiger partial charge in [-0.1, -0.05) is 18.2 Å². The van der Waals surface area contributed by atoms with Crippen LogP contribution < -0.4 is 0 Å². The third-order valence-electron chi connectivity index (χ3n) is 4.10. The van der Waals surface area contributed by atoms with E-state index in [0.717, 1.165) is 34.9 Å². The fraction of sp³-hybridized carbons (Fsp3) is 0.150. The van der Waals surface area contributed by atoms with Crippen molar-refractivity contribution in [3.63, 3.8) is 0 Å². The summed E-state index contributed by atoms with van der Waals surface area (Å²) in [5, 5.41) is 11.8. The molecular formula is C20H19N5. The molecule has 0 radical (unpaired) electrons. The zero-order valence-electron chi connectivity index (χ0n) is 14.3. The Morgan fingerprint density at radius 3 is 2.64 bits per heavy atom. The van der Waals surface area contributed by atoms with E-state index in [0.29, 0.717) is 0 Å². The van der Waals surface area contributed by atoms with Crippen LogP contribution in [0.15, 0.2) is 60.9 Å². The van der Waals surface area contributed by atoms with Crippen molar-refractivity contribution in [3.05, 3.63) is 83.4 Å². The number of nitrogens with zero attached hydrogens (tertiary/aromatic N) is 4. The molecule has 0 spiro atoms. The summed E-state index contributed by atoms with van der Waals surface area (Å²) in [4.78, 5) is 4.42. The van der Waals surface area contributed by atoms with E-state index in [1.54, 1.807) is 0 Å². The normalized spacial score (nSPS) is 11.0. The quantitative estimate of drug-likeness (QED) is 0.618. The average molecular weight is 329 g/mol. The van der Waals surface area contributed by atoms with Gasteiger partial charge in [-0.05, 0) is 61.7 Å². The van der Waals surface area contributed by atoms with Gasteiger partial charge in [-0.15, -0.1) is 0 Å². The zero-order valence-corrected chi connectivity index (χ0v) is 14.3. The van der Waals surface area contributed by atoms with Crippen LogP contribution in [0.3, 0.4) is 0 Å². The number of aromatic nitrogens is 5. The van der Waals surface area contributed by atoms with E-state index in [2.05, 4.69) is 56.7 Å². The van der Waals surface area contributed by atoms with Crippen LogP contribution in [0, 0.1) is 13.8 Å². The molecule has 0 aliphatic rings. The number of aromatic amines is 1. The maximum absolute atomic E-state index is 4.43. The lowest BCUT2D eigenvalue weighted by Gasteiger charge is -2.06. The Morgan fingerprint density at radius 2 is 1.88 bits per heavy atom. The van der Waals surface area contributed by atoms with Gasteiger partial charge in [0, 0.05) is 23.7 Å². The minimum atomic E-state index is 0.838. The van der Waals surface area contributed by atoms with E-state index in [4.69, 9.17) is 0 Å². The zero-order chi connectivity index (χ0) is 17.2. The summed E-state index contributed by atoms with van der Waals surface area (Å²) in [6.45, 7) is 3.98. The summed E-state index contributed by atoms with van der Waals surface area (Å²) >= 11 is 0. The summed E-state index contributed by atoms with van der Waals surface area (Å²) in [7, 11) is 0. The van der Waals surface area contributed by atoms with Gasteiger partial charge in [0.05, 0.1) is 11.4 Å². The van der Waals surface area contributed by atoms with Crippen LogP contribution in [-0.2, 0) is 6.42 Å². The molecule has 5 heteroatoms. The van der Waals surface area contributed by atoms with Crippen molar-refractivity contribution in [1.82, 2.24) is 25.0 Å². The van der Waals surface area contributed by atoms with E-state index in [1.807, 2.05) is 43.1 Å². The van der Waals surface area contributed by atoms with Crippen molar-refractivity contribution < 1.29 is 0 Å². The van der Waals surface area contributed by atoms with Gasteiger partial charge in [0.15, 0.2) is 5.82 Å². The topological polar surface area (TPSA) is 59.4 Å². The molecule has 0 aliphatic carbocycles. The number of nitrogens with one attached hydrogen (secondary N) is 1. The lowest BCUT2D eigenvalue weighted by Crippen LogP contribution is -2.00. The molecule has 0 atom stereocenters. The molecule has 3 aromatic heterocycles. The minimum Gasteiger partial charge on any atom is -0.282 e. The van der Waals surface area contributed by atoms with Gasteiger partial charge in [-0.3, -0.25) is 5.10 Å². The van der Waals surface area contributed by atoms with Gasteiger partial charge in [0.1, 0.15) is 0 Å². The Hall–Kier alpha value is -3.21. The molecule has 4 aromatic rings. The molecule has 1 aromatic carbocycles. The third-order valence-corrected chi connectivity index (χ3v) is 4.10. The summed E-state index contributed by atoms with van der Waals surface area (Å²) in [5.41, 5.74) is 6.59. The largest absolute Gasteiger partial charge is 0.282 e. The van der Waals surface area contributed by atoms with Crippen molar-refractivity contribution in [1.29, 1.82) is 0 Å². The van der Waals surface area contributed by atoms with E-state index in [9.17, 15) is 0 Å². The number of rotatable bonds is 4. The highest BCUT2D eigenvalue weighted by Gasteiger charge is 2.06. The minimum absolute atomic E-state index is 0.838. The standard InChI is InChI=1S/C20H19N5/c1-14-7-9-25(24-14)20-13-17(6-8-21-20)11-16-4-3-5-18(12-16)19-10-15(2)22-23-19/h3-10,12-13H,11H2,1-2H3,(H,22,23). The van der Waals surface area contributed by atoms with Crippen LogP contribution >= 0.6 is 0 Å². The molecule has 0 fully saturated rings. The summed E-state index contributed by atoms with van der Waals surface area (Å²) in [6.07, 6.45) is 4.61.